The molecule has 5 atom stereocenters. The normalized spacial score (nSPS) is 21.1. The number of carbonyl (C=O) groups is 2. The summed E-state index contributed by atoms with van der Waals surface area (Å²) < 4.78 is 9.28. The lowest BCUT2D eigenvalue weighted by atomic mass is 9.95. The minimum Gasteiger partial charge on any atom is -0.465 e. The molecule has 2 fully saturated rings. The first-order valence-electron chi connectivity index (χ1n) is 21.4. The number of nitrogens with one attached hydrogen (secondary N) is 3. The summed E-state index contributed by atoms with van der Waals surface area (Å²) in [6.07, 6.45) is 8.01. The number of likely N-dealkylation sites (tertiary alicyclic amines) is 2. The van der Waals surface area contributed by atoms with Crippen LogP contribution in [-0.2, 0) is 9.59 Å². The fourth-order valence-corrected chi connectivity index (χ4v) is 9.92. The van der Waals surface area contributed by atoms with Crippen LogP contribution in [-0.4, -0.2) is 87.2 Å². The number of hydrogen-bond acceptors (Lipinski definition) is 7. The Bertz CT molecular complexity index is 2440. The first-order chi connectivity index (χ1) is 28.6. The molecular formula is C48H56N8O3. The van der Waals surface area contributed by atoms with E-state index < -0.39 is 0 Å². The van der Waals surface area contributed by atoms with Crippen LogP contribution in [0, 0.1) is 11.8 Å². The molecule has 0 unspecified atom stereocenters. The first kappa shape index (κ1) is 39.0. The number of likely N-dealkylation sites (N-methyl/N-ethyl adjacent to an activating group) is 2. The van der Waals surface area contributed by atoms with Gasteiger partial charge in [0, 0.05) is 53.5 Å². The summed E-state index contributed by atoms with van der Waals surface area (Å²) in [4.78, 5) is 44.5. The van der Waals surface area contributed by atoms with E-state index >= 15 is 0 Å². The van der Waals surface area contributed by atoms with Crippen molar-refractivity contribution in [3.05, 3.63) is 102 Å². The van der Waals surface area contributed by atoms with Crippen LogP contribution in [0.5, 0.6) is 5.75 Å². The van der Waals surface area contributed by atoms with Gasteiger partial charge >= 0.3 is 0 Å². The van der Waals surface area contributed by atoms with E-state index in [-0.39, 0.29) is 54.0 Å². The maximum absolute atomic E-state index is 13.6. The molecule has 59 heavy (non-hydrogen) atoms. The highest BCUT2D eigenvalue weighted by Crippen LogP contribution is 2.46. The number of allylic oxidation sites excluding steroid dienone is 1. The number of amides is 2. The number of hydrogen-bond donors (Lipinski definition) is 3. The highest BCUT2D eigenvalue weighted by molar-refractivity contribution is 6.04. The van der Waals surface area contributed by atoms with E-state index in [1.807, 2.05) is 42.4 Å². The van der Waals surface area contributed by atoms with Gasteiger partial charge in [0.15, 0.2) is 0 Å². The van der Waals surface area contributed by atoms with Gasteiger partial charge in [-0.1, -0.05) is 70.2 Å². The Hall–Kier alpha value is -5.52. The molecule has 0 saturated carbocycles. The zero-order chi connectivity index (χ0) is 40.9. The average Bonchev–Trinajstić information content (AvgIpc) is 4.09. The number of rotatable bonds is 11. The third kappa shape index (κ3) is 6.97. The van der Waals surface area contributed by atoms with Crippen LogP contribution in [0.15, 0.2) is 90.2 Å². The van der Waals surface area contributed by atoms with Crippen molar-refractivity contribution >= 4 is 34.0 Å². The molecule has 5 aromatic rings. The molecule has 11 nitrogen and oxygen atoms in total. The summed E-state index contributed by atoms with van der Waals surface area (Å²) in [7, 11) is 3.73. The Labute approximate surface area is 346 Å². The van der Waals surface area contributed by atoms with Crippen LogP contribution in [0.4, 0.5) is 0 Å². The number of H-pyrrole nitrogens is 1. The molecule has 0 aliphatic carbocycles. The van der Waals surface area contributed by atoms with Crippen LogP contribution in [0.25, 0.3) is 39.0 Å². The fraction of sp³-hybridized carbons (Fsp3) is 0.417. The minimum absolute atomic E-state index is 0.0264. The maximum atomic E-state index is 13.6. The predicted octanol–water partition coefficient (Wildman–Crippen LogP) is 7.97. The lowest BCUT2D eigenvalue weighted by Crippen LogP contribution is -2.51. The number of benzene rings is 3. The molecule has 6 heterocycles. The van der Waals surface area contributed by atoms with Gasteiger partial charge in [-0.2, -0.15) is 0 Å². The highest BCUT2D eigenvalue weighted by Gasteiger charge is 2.39. The van der Waals surface area contributed by atoms with E-state index in [0.29, 0.717) is 6.42 Å². The van der Waals surface area contributed by atoms with Gasteiger partial charge in [0.05, 0.1) is 47.3 Å². The van der Waals surface area contributed by atoms with Gasteiger partial charge in [0.2, 0.25) is 18.0 Å². The topological polar surface area (TPSA) is 120 Å². The number of aromatic nitrogens is 3. The molecular weight excluding hydrogens is 737 g/mol. The largest absolute Gasteiger partial charge is 0.465 e. The SMILES string of the molecule is CN[C@H](C(=O)N1CCC[C@H]1C1=NC=C(c2ccc3c(c2)O[C@@H](c2ccccc2)n2c-3cc3cc(-c4cnc([C@@H]5CCCN5C(=O)[C@@H](NC)C(C)C)[nH]4)ccc32)C1)C(C)C. The van der Waals surface area contributed by atoms with Crippen molar-refractivity contribution in [2.24, 2.45) is 16.8 Å². The van der Waals surface area contributed by atoms with Crippen LogP contribution in [0.3, 0.4) is 0 Å². The third-order valence-corrected chi connectivity index (χ3v) is 12.9. The standard InChI is InChI=1S/C48H56N8O3/c1-28(2)43(49-5)46(57)54-20-10-14-39(54)36-23-34(26-51-36)31-16-18-35-41-24-33-22-32(17-19-38(33)56(41)48(59-42(35)25-31)30-12-8-7-9-13-30)37-27-52-45(53-37)40-15-11-21-55(40)47(58)44(50-6)29(3)4/h7-9,12-13,16-19,22,24-29,39-40,43-44,48-50H,10-11,14-15,20-21,23H2,1-6H3,(H,52,53)/t39-,40-,43-,44-,48-/m0/s1. The van der Waals surface area contributed by atoms with Gasteiger partial charge in [-0.05, 0) is 93.1 Å². The zero-order valence-electron chi connectivity index (χ0n) is 35.0. The van der Waals surface area contributed by atoms with Gasteiger partial charge in [-0.15, -0.1) is 0 Å². The van der Waals surface area contributed by atoms with Crippen molar-refractivity contribution < 1.29 is 14.3 Å². The summed E-state index contributed by atoms with van der Waals surface area (Å²) >= 11 is 0. The second-order valence-electron chi connectivity index (χ2n) is 17.3. The highest BCUT2D eigenvalue weighted by atomic mass is 16.5. The van der Waals surface area contributed by atoms with E-state index in [0.717, 1.165) is 106 Å². The summed E-state index contributed by atoms with van der Waals surface area (Å²) in [6.45, 7) is 9.85. The molecule has 0 bridgehead atoms. The summed E-state index contributed by atoms with van der Waals surface area (Å²) in [5.74, 6) is 2.38. The number of imidazole rings is 1. The number of nitrogens with zero attached hydrogens (tertiary/aromatic N) is 5. The van der Waals surface area contributed by atoms with E-state index in [1.54, 1.807) is 0 Å². The number of aromatic amines is 1. The quantitative estimate of drug-likeness (QED) is 0.125. The Morgan fingerprint density at radius 3 is 2.19 bits per heavy atom. The molecule has 0 radical (unpaired) electrons. The lowest BCUT2D eigenvalue weighted by Gasteiger charge is -2.31. The number of ether oxygens (including phenoxy) is 1. The Kier molecular flexibility index (Phi) is 10.5. The second-order valence-corrected chi connectivity index (χ2v) is 17.3. The van der Waals surface area contributed by atoms with Gasteiger partial charge in [0.25, 0.3) is 0 Å². The number of aliphatic imine (C=N–C) groups is 1. The summed E-state index contributed by atoms with van der Waals surface area (Å²) in [6, 6.07) is 25.3. The molecule has 306 valence electrons. The van der Waals surface area contributed by atoms with Crippen molar-refractivity contribution in [2.45, 2.75) is 90.2 Å². The van der Waals surface area contributed by atoms with E-state index in [2.05, 4.69) is 115 Å². The molecule has 3 N–H and O–H groups in total. The van der Waals surface area contributed by atoms with Crippen molar-refractivity contribution in [3.8, 4) is 28.3 Å². The van der Waals surface area contributed by atoms with E-state index in [1.165, 1.54) is 0 Å². The Morgan fingerprint density at radius 2 is 1.49 bits per heavy atom. The van der Waals surface area contributed by atoms with Crippen molar-refractivity contribution in [1.82, 2.24) is 35.0 Å². The summed E-state index contributed by atoms with van der Waals surface area (Å²) in [5.41, 5.74) is 9.52. The minimum atomic E-state index is -0.363. The molecule has 4 aliphatic rings. The fourth-order valence-electron chi connectivity index (χ4n) is 9.92. The predicted molar refractivity (Wildman–Crippen MR) is 234 cm³/mol. The van der Waals surface area contributed by atoms with Gasteiger partial charge in [-0.25, -0.2) is 4.98 Å². The molecule has 3 aromatic carbocycles. The lowest BCUT2D eigenvalue weighted by molar-refractivity contribution is -0.135. The first-order valence-corrected chi connectivity index (χ1v) is 21.4. The van der Waals surface area contributed by atoms with Crippen LogP contribution >= 0.6 is 0 Å². The molecule has 0 spiro atoms. The van der Waals surface area contributed by atoms with Gasteiger partial charge < -0.3 is 34.7 Å². The zero-order valence-corrected chi connectivity index (χ0v) is 35.0. The second kappa shape index (κ2) is 15.9. The van der Waals surface area contributed by atoms with Crippen molar-refractivity contribution in [1.29, 1.82) is 0 Å². The smallest absolute Gasteiger partial charge is 0.240 e. The Morgan fingerprint density at radius 1 is 0.814 bits per heavy atom. The van der Waals surface area contributed by atoms with E-state index in [4.69, 9.17) is 14.7 Å². The number of carbonyl (C=O) groups excluding carboxylic acids is 2. The van der Waals surface area contributed by atoms with Gasteiger partial charge in [-0.3, -0.25) is 14.6 Å². The molecule has 2 aromatic heterocycles. The van der Waals surface area contributed by atoms with Crippen molar-refractivity contribution in [3.63, 3.8) is 0 Å². The van der Waals surface area contributed by atoms with Crippen LogP contribution in [0.2, 0.25) is 0 Å². The molecule has 2 amide bonds. The van der Waals surface area contributed by atoms with Crippen molar-refractivity contribution in [2.75, 3.05) is 27.2 Å². The maximum Gasteiger partial charge on any atom is 0.240 e. The van der Waals surface area contributed by atoms with E-state index in [9.17, 15) is 9.59 Å². The van der Waals surface area contributed by atoms with Crippen LogP contribution < -0.4 is 15.4 Å². The summed E-state index contributed by atoms with van der Waals surface area (Å²) in [5, 5.41) is 7.57. The molecule has 4 aliphatic heterocycles. The molecule has 2 saturated heterocycles. The molecule has 9 rings (SSSR count). The Balaban J connectivity index is 0.999. The van der Waals surface area contributed by atoms with Gasteiger partial charge in [0.1, 0.15) is 11.6 Å². The average molecular weight is 793 g/mol. The third-order valence-electron chi connectivity index (χ3n) is 12.9. The molecule has 11 heteroatoms. The number of fused-ring (bicyclic) bond motifs is 5. The monoisotopic (exact) mass is 792 g/mol. The van der Waals surface area contributed by atoms with Crippen LogP contribution in [0.1, 0.15) is 89.0 Å².